The molecule has 118 valence electrons. The summed E-state index contributed by atoms with van der Waals surface area (Å²) in [6.45, 7) is 2.40. The lowest BCUT2D eigenvalue weighted by molar-refractivity contribution is -0.137. The monoisotopic (exact) mass is 304 g/mol. The molecule has 0 radical (unpaired) electrons. The molecule has 0 aliphatic carbocycles. The number of nitrogens with zero attached hydrogens (tertiary/aromatic N) is 1. The van der Waals surface area contributed by atoms with Gasteiger partial charge in [0, 0.05) is 19.5 Å². The predicted molar refractivity (Wildman–Crippen MR) is 79.9 cm³/mol. The maximum atomic E-state index is 12.1. The quantitative estimate of drug-likeness (QED) is 0.826. The summed E-state index contributed by atoms with van der Waals surface area (Å²) in [6.07, 6.45) is 0.0621. The zero-order valence-corrected chi connectivity index (χ0v) is 12.5. The highest BCUT2D eigenvalue weighted by atomic mass is 16.4. The van der Waals surface area contributed by atoms with E-state index < -0.39 is 11.9 Å². The van der Waals surface area contributed by atoms with Crippen molar-refractivity contribution in [2.75, 3.05) is 13.1 Å². The van der Waals surface area contributed by atoms with E-state index in [-0.39, 0.29) is 37.2 Å². The molecule has 6 nitrogen and oxygen atoms in total. The number of carbonyl (C=O) groups excluding carboxylic acids is 2. The zero-order valence-electron chi connectivity index (χ0n) is 12.5. The van der Waals surface area contributed by atoms with Crippen LogP contribution in [0.15, 0.2) is 30.3 Å². The van der Waals surface area contributed by atoms with Crippen LogP contribution in [-0.2, 0) is 14.4 Å². The molecule has 2 amide bonds. The number of carboxylic acid groups (broad SMARTS) is 1. The van der Waals surface area contributed by atoms with Gasteiger partial charge in [0.2, 0.25) is 11.8 Å². The summed E-state index contributed by atoms with van der Waals surface area (Å²) < 4.78 is 0. The third-order valence-corrected chi connectivity index (χ3v) is 3.92. The number of aliphatic carboxylic acids is 1. The third kappa shape index (κ3) is 3.84. The predicted octanol–water partition coefficient (Wildman–Crippen LogP) is 1.19. The average molecular weight is 304 g/mol. The Morgan fingerprint density at radius 2 is 2.05 bits per heavy atom. The molecule has 0 spiro atoms. The average Bonchev–Trinajstić information content (AvgIpc) is 2.89. The van der Waals surface area contributed by atoms with Gasteiger partial charge in [-0.25, -0.2) is 0 Å². The Bertz CT molecular complexity index is 559. The van der Waals surface area contributed by atoms with Crippen molar-refractivity contribution in [3.8, 4) is 0 Å². The van der Waals surface area contributed by atoms with Crippen molar-refractivity contribution in [2.45, 2.75) is 25.8 Å². The molecule has 1 fully saturated rings. The number of carboxylic acids is 1. The number of amides is 2. The molecule has 1 aromatic carbocycles. The summed E-state index contributed by atoms with van der Waals surface area (Å²) in [5, 5.41) is 11.1. The van der Waals surface area contributed by atoms with Crippen molar-refractivity contribution < 1.29 is 19.5 Å². The molecule has 0 bridgehead atoms. The van der Waals surface area contributed by atoms with Crippen LogP contribution in [0.3, 0.4) is 0 Å². The summed E-state index contributed by atoms with van der Waals surface area (Å²) in [5.74, 6) is -1.67. The first-order valence-electron chi connectivity index (χ1n) is 7.33. The van der Waals surface area contributed by atoms with Crippen molar-refractivity contribution in [1.82, 2.24) is 10.2 Å². The van der Waals surface area contributed by atoms with Gasteiger partial charge in [-0.15, -0.1) is 0 Å². The largest absolute Gasteiger partial charge is 0.481 e. The highest BCUT2D eigenvalue weighted by Crippen LogP contribution is 2.28. The fraction of sp³-hybridized carbons (Fsp3) is 0.438. The van der Waals surface area contributed by atoms with E-state index in [9.17, 15) is 14.4 Å². The van der Waals surface area contributed by atoms with Crippen LogP contribution in [-0.4, -0.2) is 40.9 Å². The van der Waals surface area contributed by atoms with Crippen LogP contribution < -0.4 is 5.32 Å². The van der Waals surface area contributed by atoms with E-state index in [1.54, 1.807) is 4.90 Å². The van der Waals surface area contributed by atoms with Gasteiger partial charge in [-0.2, -0.15) is 0 Å². The number of hydrogen-bond donors (Lipinski definition) is 2. The molecule has 2 rings (SSSR count). The lowest BCUT2D eigenvalue weighted by Gasteiger charge is -2.25. The SMILES string of the molecule is CC(c1ccccc1)N1CC(C(=O)NCCC(=O)O)CC1=O. The van der Waals surface area contributed by atoms with Gasteiger partial charge in [-0.3, -0.25) is 14.4 Å². The van der Waals surface area contributed by atoms with E-state index >= 15 is 0 Å². The molecule has 2 atom stereocenters. The summed E-state index contributed by atoms with van der Waals surface area (Å²) in [7, 11) is 0. The van der Waals surface area contributed by atoms with E-state index in [0.717, 1.165) is 5.56 Å². The summed E-state index contributed by atoms with van der Waals surface area (Å²) in [4.78, 5) is 36.3. The van der Waals surface area contributed by atoms with Gasteiger partial charge in [-0.05, 0) is 12.5 Å². The van der Waals surface area contributed by atoms with Gasteiger partial charge in [0.15, 0.2) is 0 Å². The van der Waals surface area contributed by atoms with Crippen LogP contribution in [0.2, 0.25) is 0 Å². The van der Waals surface area contributed by atoms with Crippen LogP contribution in [0.4, 0.5) is 0 Å². The van der Waals surface area contributed by atoms with Crippen molar-refractivity contribution in [3.05, 3.63) is 35.9 Å². The topological polar surface area (TPSA) is 86.7 Å². The van der Waals surface area contributed by atoms with Gasteiger partial charge in [0.25, 0.3) is 0 Å². The Kier molecular flexibility index (Phi) is 5.14. The van der Waals surface area contributed by atoms with Crippen LogP contribution in [0.25, 0.3) is 0 Å². The molecule has 1 saturated heterocycles. The fourth-order valence-electron chi connectivity index (χ4n) is 2.63. The van der Waals surface area contributed by atoms with Crippen molar-refractivity contribution in [2.24, 2.45) is 5.92 Å². The van der Waals surface area contributed by atoms with Gasteiger partial charge in [0.1, 0.15) is 0 Å². The number of hydrogen-bond acceptors (Lipinski definition) is 3. The number of nitrogens with one attached hydrogen (secondary N) is 1. The van der Waals surface area contributed by atoms with E-state index in [1.807, 2.05) is 37.3 Å². The number of carbonyl (C=O) groups is 3. The highest BCUT2D eigenvalue weighted by Gasteiger charge is 2.36. The fourth-order valence-corrected chi connectivity index (χ4v) is 2.63. The van der Waals surface area contributed by atoms with Crippen LogP contribution in [0, 0.1) is 5.92 Å². The highest BCUT2D eigenvalue weighted by molar-refractivity contribution is 5.89. The Labute approximate surface area is 129 Å². The van der Waals surface area contributed by atoms with Crippen molar-refractivity contribution in [3.63, 3.8) is 0 Å². The summed E-state index contributed by atoms with van der Waals surface area (Å²) in [5.41, 5.74) is 1.03. The van der Waals surface area contributed by atoms with Crippen LogP contribution in [0.1, 0.15) is 31.4 Å². The summed E-state index contributed by atoms with van der Waals surface area (Å²) in [6, 6.07) is 9.59. The number of rotatable bonds is 6. The number of benzene rings is 1. The first-order valence-corrected chi connectivity index (χ1v) is 7.33. The molecule has 1 aliphatic heterocycles. The molecule has 1 aromatic rings. The number of likely N-dealkylation sites (tertiary alicyclic amines) is 1. The van der Waals surface area contributed by atoms with Gasteiger partial charge >= 0.3 is 5.97 Å². The lowest BCUT2D eigenvalue weighted by atomic mass is 10.1. The Morgan fingerprint density at radius 1 is 1.36 bits per heavy atom. The van der Waals surface area contributed by atoms with Crippen molar-refractivity contribution >= 4 is 17.8 Å². The second kappa shape index (κ2) is 7.06. The van der Waals surface area contributed by atoms with E-state index in [0.29, 0.717) is 6.54 Å². The minimum atomic E-state index is -0.956. The normalized spacial score (nSPS) is 19.0. The van der Waals surface area contributed by atoms with Crippen molar-refractivity contribution in [1.29, 1.82) is 0 Å². The van der Waals surface area contributed by atoms with Gasteiger partial charge in [0.05, 0.1) is 18.4 Å². The lowest BCUT2D eigenvalue weighted by Crippen LogP contribution is -2.34. The molecule has 6 heteroatoms. The van der Waals surface area contributed by atoms with Crippen LogP contribution in [0.5, 0.6) is 0 Å². The van der Waals surface area contributed by atoms with E-state index in [4.69, 9.17) is 5.11 Å². The second-order valence-corrected chi connectivity index (χ2v) is 5.47. The first kappa shape index (κ1) is 16.0. The maximum absolute atomic E-state index is 12.1. The molecule has 22 heavy (non-hydrogen) atoms. The smallest absolute Gasteiger partial charge is 0.305 e. The molecule has 0 aromatic heterocycles. The molecular weight excluding hydrogens is 284 g/mol. The standard InChI is InChI=1S/C16H20N2O4/c1-11(12-5-3-2-4-6-12)18-10-13(9-14(18)19)16(22)17-8-7-15(20)21/h2-6,11,13H,7-10H2,1H3,(H,17,22)(H,20,21). The molecule has 0 saturated carbocycles. The van der Waals surface area contributed by atoms with Crippen LogP contribution >= 0.6 is 0 Å². The molecule has 2 unspecified atom stereocenters. The maximum Gasteiger partial charge on any atom is 0.305 e. The third-order valence-electron chi connectivity index (χ3n) is 3.92. The van der Waals surface area contributed by atoms with Gasteiger partial charge in [-0.1, -0.05) is 30.3 Å². The molecule has 1 aliphatic rings. The van der Waals surface area contributed by atoms with E-state index in [2.05, 4.69) is 5.32 Å². The van der Waals surface area contributed by atoms with Gasteiger partial charge < -0.3 is 15.3 Å². The minimum absolute atomic E-state index is 0.0465. The Hall–Kier alpha value is -2.37. The summed E-state index contributed by atoms with van der Waals surface area (Å²) >= 11 is 0. The Morgan fingerprint density at radius 3 is 2.68 bits per heavy atom. The minimum Gasteiger partial charge on any atom is -0.481 e. The molecule has 2 N–H and O–H groups in total. The Balaban J connectivity index is 1.93. The zero-order chi connectivity index (χ0) is 16.1. The molecule has 1 heterocycles. The second-order valence-electron chi connectivity index (χ2n) is 5.47. The molecular formula is C16H20N2O4. The van der Waals surface area contributed by atoms with E-state index in [1.165, 1.54) is 0 Å². The first-order chi connectivity index (χ1) is 10.5.